The van der Waals surface area contributed by atoms with Crippen LogP contribution in [0.1, 0.15) is 6.92 Å². The normalized spacial score (nSPS) is 10.8. The third-order valence-electron chi connectivity index (χ3n) is 3.01. The molecule has 0 spiro atoms. The molecule has 138 valence electrons. The molecule has 0 aliphatic rings. The molecule has 2 aromatic rings. The van der Waals surface area contributed by atoms with Crippen LogP contribution >= 0.6 is 11.6 Å². The first-order chi connectivity index (χ1) is 12.3. The van der Waals surface area contributed by atoms with Gasteiger partial charge in [-0.3, -0.25) is 15.0 Å². The number of hydrogen-bond donors (Lipinski definition) is 3. The fourth-order valence-electron chi connectivity index (χ4n) is 1.84. The Labute approximate surface area is 155 Å². The van der Waals surface area contributed by atoms with E-state index in [2.05, 4.69) is 5.32 Å². The molecular formula is C16H16ClN3O5S. The highest BCUT2D eigenvalue weighted by atomic mass is 35.5. The first-order valence-corrected chi connectivity index (χ1v) is 9.20. The van der Waals surface area contributed by atoms with Gasteiger partial charge in [-0.1, -0.05) is 23.7 Å². The molecule has 0 bridgehead atoms. The molecular weight excluding hydrogens is 382 g/mol. The summed E-state index contributed by atoms with van der Waals surface area (Å²) < 4.78 is 29.4. The number of halogens is 1. The molecule has 0 unspecified atom stereocenters. The molecule has 3 N–H and O–H groups in total. The van der Waals surface area contributed by atoms with Crippen molar-refractivity contribution in [3.05, 3.63) is 53.6 Å². The summed E-state index contributed by atoms with van der Waals surface area (Å²) in [5.41, 5.74) is 2.50. The number of rotatable bonds is 7. The molecule has 0 aromatic heterocycles. The number of anilines is 1. The van der Waals surface area contributed by atoms with Crippen molar-refractivity contribution in [3.8, 4) is 5.75 Å². The first-order valence-electron chi connectivity index (χ1n) is 7.33. The van der Waals surface area contributed by atoms with Crippen molar-refractivity contribution < 1.29 is 22.7 Å². The minimum atomic E-state index is -3.97. The topological polar surface area (TPSA) is 114 Å². The second-order valence-electron chi connectivity index (χ2n) is 5.08. The lowest BCUT2D eigenvalue weighted by Crippen LogP contribution is -2.43. The van der Waals surface area contributed by atoms with Crippen molar-refractivity contribution in [2.45, 2.75) is 11.8 Å². The molecule has 26 heavy (non-hydrogen) atoms. The second kappa shape index (κ2) is 8.65. The van der Waals surface area contributed by atoms with E-state index in [-0.39, 0.29) is 10.8 Å². The maximum Gasteiger partial charge on any atom is 0.272 e. The Kier molecular flexibility index (Phi) is 6.56. The van der Waals surface area contributed by atoms with E-state index in [4.69, 9.17) is 16.3 Å². The first kappa shape index (κ1) is 19.7. The zero-order valence-corrected chi connectivity index (χ0v) is 15.2. The molecule has 0 fully saturated rings. The van der Waals surface area contributed by atoms with Crippen LogP contribution in [0.25, 0.3) is 0 Å². The number of carbonyl (C=O) groups excluding carboxylic acids is 2. The zero-order valence-electron chi connectivity index (χ0n) is 13.7. The number of benzene rings is 2. The van der Waals surface area contributed by atoms with Gasteiger partial charge >= 0.3 is 0 Å². The molecule has 2 amide bonds. The fourth-order valence-corrected chi connectivity index (χ4v) is 2.90. The molecule has 2 aromatic carbocycles. The summed E-state index contributed by atoms with van der Waals surface area (Å²) in [7, 11) is -3.97. The number of amides is 2. The molecule has 0 saturated heterocycles. The van der Waals surface area contributed by atoms with Gasteiger partial charge in [0.25, 0.3) is 15.9 Å². The summed E-state index contributed by atoms with van der Waals surface area (Å²) in [4.78, 5) is 24.5. The van der Waals surface area contributed by atoms with Crippen LogP contribution in [0.3, 0.4) is 0 Å². The number of sulfonamides is 1. The standard InChI is InChI=1S/C16H16ClN3O5S/c1-11(21)18-12-6-8-13(9-7-12)26(23,24)20-19-16(22)10-25-15-5-3-2-4-14(15)17/h2-9,20H,10H2,1H3,(H,18,21)(H,19,22). The van der Waals surface area contributed by atoms with Gasteiger partial charge in [0.05, 0.1) is 9.92 Å². The van der Waals surface area contributed by atoms with Crippen LogP contribution in [0.4, 0.5) is 5.69 Å². The van der Waals surface area contributed by atoms with Crippen LogP contribution in [0.2, 0.25) is 5.02 Å². The van der Waals surface area contributed by atoms with E-state index in [1.54, 1.807) is 24.3 Å². The lowest BCUT2D eigenvalue weighted by atomic mass is 10.3. The zero-order chi connectivity index (χ0) is 19.2. The van der Waals surface area contributed by atoms with Crippen molar-refractivity contribution in [2.75, 3.05) is 11.9 Å². The highest BCUT2D eigenvalue weighted by molar-refractivity contribution is 7.89. The van der Waals surface area contributed by atoms with Gasteiger partial charge in [0.15, 0.2) is 6.61 Å². The van der Waals surface area contributed by atoms with E-state index >= 15 is 0 Å². The summed E-state index contributed by atoms with van der Waals surface area (Å²) in [5, 5.41) is 2.85. The van der Waals surface area contributed by atoms with E-state index in [1.165, 1.54) is 31.2 Å². The van der Waals surface area contributed by atoms with Gasteiger partial charge in [-0.2, -0.15) is 0 Å². The highest BCUT2D eigenvalue weighted by Gasteiger charge is 2.15. The van der Waals surface area contributed by atoms with Crippen molar-refractivity contribution in [1.82, 2.24) is 10.3 Å². The summed E-state index contributed by atoms with van der Waals surface area (Å²) in [5.74, 6) is -0.673. The van der Waals surface area contributed by atoms with Crippen LogP contribution in [-0.4, -0.2) is 26.8 Å². The maximum absolute atomic E-state index is 12.1. The average Bonchev–Trinajstić information content (AvgIpc) is 2.59. The molecule has 0 radical (unpaired) electrons. The van der Waals surface area contributed by atoms with E-state index < -0.39 is 22.5 Å². The Morgan fingerprint density at radius 2 is 1.73 bits per heavy atom. The Morgan fingerprint density at radius 3 is 2.35 bits per heavy atom. The summed E-state index contributed by atoms with van der Waals surface area (Å²) in [6.07, 6.45) is 0. The molecule has 8 nitrogen and oxygen atoms in total. The molecule has 0 heterocycles. The number of ether oxygens (including phenoxy) is 1. The predicted octanol–water partition coefficient (Wildman–Crippen LogP) is 1.69. The van der Waals surface area contributed by atoms with Crippen molar-refractivity contribution in [1.29, 1.82) is 0 Å². The monoisotopic (exact) mass is 397 g/mol. The smallest absolute Gasteiger partial charge is 0.272 e. The van der Waals surface area contributed by atoms with Gasteiger partial charge < -0.3 is 10.1 Å². The van der Waals surface area contributed by atoms with Crippen molar-refractivity contribution in [3.63, 3.8) is 0 Å². The van der Waals surface area contributed by atoms with Crippen LogP contribution in [-0.2, 0) is 19.6 Å². The molecule has 0 atom stereocenters. The molecule has 0 saturated carbocycles. The lowest BCUT2D eigenvalue weighted by molar-refractivity contribution is -0.123. The number of para-hydroxylation sites is 1. The Hall–Kier alpha value is -2.62. The summed E-state index contributed by atoms with van der Waals surface area (Å²) >= 11 is 5.89. The van der Waals surface area contributed by atoms with E-state index in [0.29, 0.717) is 16.5 Å². The van der Waals surface area contributed by atoms with Crippen molar-refractivity contribution >= 4 is 39.1 Å². The van der Waals surface area contributed by atoms with Gasteiger partial charge in [-0.25, -0.2) is 8.42 Å². The predicted molar refractivity (Wildman–Crippen MR) is 96.2 cm³/mol. The minimum absolute atomic E-state index is 0.0843. The largest absolute Gasteiger partial charge is 0.482 e. The fraction of sp³-hybridized carbons (Fsp3) is 0.125. The molecule has 0 aliphatic heterocycles. The number of carbonyl (C=O) groups is 2. The van der Waals surface area contributed by atoms with Crippen LogP contribution in [0, 0.1) is 0 Å². The quantitative estimate of drug-likeness (QED) is 0.615. The van der Waals surface area contributed by atoms with Gasteiger partial charge in [-0.15, -0.1) is 4.83 Å². The van der Waals surface area contributed by atoms with Gasteiger partial charge in [-0.05, 0) is 36.4 Å². The van der Waals surface area contributed by atoms with E-state index in [1.807, 2.05) is 10.3 Å². The lowest BCUT2D eigenvalue weighted by Gasteiger charge is -2.10. The third kappa shape index (κ3) is 5.73. The molecule has 2 rings (SSSR count). The minimum Gasteiger partial charge on any atom is -0.482 e. The van der Waals surface area contributed by atoms with Gasteiger partial charge in [0.2, 0.25) is 5.91 Å². The number of hydrazine groups is 1. The van der Waals surface area contributed by atoms with Crippen LogP contribution < -0.4 is 20.3 Å². The third-order valence-corrected chi connectivity index (χ3v) is 4.58. The highest BCUT2D eigenvalue weighted by Crippen LogP contribution is 2.22. The molecule has 0 aliphatic carbocycles. The van der Waals surface area contributed by atoms with Gasteiger partial charge in [0, 0.05) is 12.6 Å². The van der Waals surface area contributed by atoms with Crippen LogP contribution in [0.5, 0.6) is 5.75 Å². The van der Waals surface area contributed by atoms with Crippen molar-refractivity contribution in [2.24, 2.45) is 0 Å². The summed E-state index contributed by atoms with van der Waals surface area (Å²) in [6, 6.07) is 12.0. The maximum atomic E-state index is 12.1. The van der Waals surface area contributed by atoms with E-state index in [9.17, 15) is 18.0 Å². The van der Waals surface area contributed by atoms with Crippen LogP contribution in [0.15, 0.2) is 53.4 Å². The molecule has 10 heteroatoms. The Bertz CT molecular complexity index is 900. The average molecular weight is 398 g/mol. The Morgan fingerprint density at radius 1 is 1.08 bits per heavy atom. The second-order valence-corrected chi connectivity index (χ2v) is 7.17. The SMILES string of the molecule is CC(=O)Nc1ccc(S(=O)(=O)NNC(=O)COc2ccccc2Cl)cc1. The summed E-state index contributed by atoms with van der Waals surface area (Å²) in [6.45, 7) is 0.917. The van der Waals surface area contributed by atoms with Gasteiger partial charge in [0.1, 0.15) is 5.75 Å². The number of hydrogen-bond acceptors (Lipinski definition) is 5. The number of nitrogens with one attached hydrogen (secondary N) is 3. The van der Waals surface area contributed by atoms with E-state index in [0.717, 1.165) is 0 Å². The Balaban J connectivity index is 1.89.